The Kier molecular flexibility index (Phi) is 1.69. The van der Waals surface area contributed by atoms with E-state index in [1.165, 1.54) is 6.42 Å². The second kappa shape index (κ2) is 2.46. The molecule has 2 heteroatoms. The molecule has 0 amide bonds. The summed E-state index contributed by atoms with van der Waals surface area (Å²) in [6, 6.07) is 0. The van der Waals surface area contributed by atoms with Crippen molar-refractivity contribution in [3.05, 3.63) is 0 Å². The van der Waals surface area contributed by atoms with Crippen LogP contribution in [-0.4, -0.2) is 22.4 Å². The van der Waals surface area contributed by atoms with Crippen molar-refractivity contribution in [3.63, 3.8) is 0 Å². The molecule has 0 aromatic rings. The predicted molar refractivity (Wildman–Crippen MR) is 42.1 cm³/mol. The Morgan fingerprint density at radius 2 is 1.45 bits per heavy atom. The van der Waals surface area contributed by atoms with E-state index in [2.05, 4.69) is 0 Å². The summed E-state index contributed by atoms with van der Waals surface area (Å²) in [4.78, 5) is 0. The average Bonchev–Trinajstić information content (AvgIpc) is 1.83. The maximum Gasteiger partial charge on any atom is 0.0621 e. The van der Waals surface area contributed by atoms with E-state index in [9.17, 15) is 10.2 Å². The zero-order valence-electron chi connectivity index (χ0n) is 6.79. The highest BCUT2D eigenvalue weighted by Crippen LogP contribution is 2.51. The van der Waals surface area contributed by atoms with Crippen molar-refractivity contribution in [1.29, 1.82) is 0 Å². The van der Waals surface area contributed by atoms with Crippen molar-refractivity contribution in [2.24, 2.45) is 5.41 Å². The molecule has 2 saturated carbocycles. The van der Waals surface area contributed by atoms with Gasteiger partial charge in [0.05, 0.1) is 12.2 Å². The summed E-state index contributed by atoms with van der Waals surface area (Å²) in [5.74, 6) is 0. The second-order valence-corrected chi connectivity index (χ2v) is 4.05. The van der Waals surface area contributed by atoms with Gasteiger partial charge in [-0.05, 0) is 32.1 Å². The number of rotatable bonds is 0. The highest BCUT2D eigenvalue weighted by atomic mass is 16.3. The fourth-order valence-electron chi connectivity index (χ4n) is 2.55. The first-order valence-corrected chi connectivity index (χ1v) is 4.62. The van der Waals surface area contributed by atoms with Crippen LogP contribution < -0.4 is 0 Å². The lowest BCUT2D eigenvalue weighted by atomic mass is 9.57. The topological polar surface area (TPSA) is 40.5 Å². The molecule has 2 fully saturated rings. The molecule has 0 aromatic carbocycles. The molecule has 2 N–H and O–H groups in total. The third-order valence-corrected chi connectivity index (χ3v) is 3.57. The number of aliphatic hydroxyl groups is 2. The minimum Gasteiger partial charge on any atom is -0.392 e. The van der Waals surface area contributed by atoms with Crippen molar-refractivity contribution in [2.45, 2.75) is 50.7 Å². The van der Waals surface area contributed by atoms with E-state index in [0.717, 1.165) is 32.1 Å². The summed E-state index contributed by atoms with van der Waals surface area (Å²) in [6.07, 6.45) is 5.61. The molecule has 0 radical (unpaired) electrons. The van der Waals surface area contributed by atoms with Gasteiger partial charge in [0.1, 0.15) is 0 Å². The van der Waals surface area contributed by atoms with Gasteiger partial charge >= 0.3 is 0 Å². The van der Waals surface area contributed by atoms with Crippen LogP contribution in [0.4, 0.5) is 0 Å². The molecular weight excluding hydrogens is 140 g/mol. The highest BCUT2D eigenvalue weighted by Gasteiger charge is 2.50. The molecule has 0 aliphatic heterocycles. The fraction of sp³-hybridized carbons (Fsp3) is 1.00. The van der Waals surface area contributed by atoms with Crippen molar-refractivity contribution in [2.75, 3.05) is 0 Å². The molecule has 0 saturated heterocycles. The number of aliphatic hydroxyl groups excluding tert-OH is 2. The molecule has 2 rings (SSSR count). The van der Waals surface area contributed by atoms with Crippen molar-refractivity contribution >= 4 is 0 Å². The Hall–Kier alpha value is -0.0800. The van der Waals surface area contributed by atoms with Gasteiger partial charge in [-0.1, -0.05) is 6.42 Å². The molecule has 0 aromatic heterocycles. The fourth-order valence-corrected chi connectivity index (χ4v) is 2.55. The van der Waals surface area contributed by atoms with Gasteiger partial charge in [0.2, 0.25) is 0 Å². The van der Waals surface area contributed by atoms with Crippen LogP contribution in [0.5, 0.6) is 0 Å². The van der Waals surface area contributed by atoms with Crippen LogP contribution >= 0.6 is 0 Å². The Morgan fingerprint density at radius 1 is 0.909 bits per heavy atom. The molecule has 1 spiro atoms. The lowest BCUT2D eigenvalue weighted by Gasteiger charge is -2.51. The Balaban J connectivity index is 2.12. The quantitative estimate of drug-likeness (QED) is 0.550. The van der Waals surface area contributed by atoms with E-state index < -0.39 is 0 Å². The highest BCUT2D eigenvalue weighted by molar-refractivity contribution is 5.01. The van der Waals surface area contributed by atoms with Gasteiger partial charge < -0.3 is 10.2 Å². The van der Waals surface area contributed by atoms with Crippen LogP contribution in [0.15, 0.2) is 0 Å². The number of hydrogen-bond donors (Lipinski definition) is 2. The maximum absolute atomic E-state index is 9.69. The monoisotopic (exact) mass is 156 g/mol. The normalized spacial score (nSPS) is 42.0. The van der Waals surface area contributed by atoms with E-state index in [4.69, 9.17) is 0 Å². The molecule has 11 heavy (non-hydrogen) atoms. The minimum atomic E-state index is -0.222. The second-order valence-electron chi connectivity index (χ2n) is 4.05. The molecule has 2 aliphatic carbocycles. The molecule has 2 atom stereocenters. The van der Waals surface area contributed by atoms with Crippen LogP contribution in [0.1, 0.15) is 38.5 Å². The summed E-state index contributed by atoms with van der Waals surface area (Å²) in [7, 11) is 0. The first-order valence-electron chi connectivity index (χ1n) is 4.62. The van der Waals surface area contributed by atoms with Crippen LogP contribution in [-0.2, 0) is 0 Å². The largest absolute Gasteiger partial charge is 0.392 e. The minimum absolute atomic E-state index is 0.0712. The molecule has 2 nitrogen and oxygen atoms in total. The van der Waals surface area contributed by atoms with Crippen LogP contribution in [0.3, 0.4) is 0 Å². The van der Waals surface area contributed by atoms with Gasteiger partial charge in [-0.2, -0.15) is 0 Å². The van der Waals surface area contributed by atoms with Crippen LogP contribution in [0.2, 0.25) is 0 Å². The first kappa shape index (κ1) is 7.56. The van der Waals surface area contributed by atoms with Gasteiger partial charge in [-0.3, -0.25) is 0 Å². The Bertz CT molecular complexity index is 140. The van der Waals surface area contributed by atoms with Gasteiger partial charge in [-0.15, -0.1) is 0 Å². The third kappa shape index (κ3) is 0.926. The van der Waals surface area contributed by atoms with Crippen LogP contribution in [0.25, 0.3) is 0 Å². The molecular formula is C9H16O2. The number of hydrogen-bond acceptors (Lipinski definition) is 2. The molecule has 2 aliphatic rings. The van der Waals surface area contributed by atoms with E-state index >= 15 is 0 Å². The molecule has 64 valence electrons. The summed E-state index contributed by atoms with van der Waals surface area (Å²) in [5, 5.41) is 19.4. The molecule has 0 bridgehead atoms. The molecule has 0 heterocycles. The SMILES string of the molecule is OC1CCCC(O)C12CCC2. The van der Waals surface area contributed by atoms with E-state index in [0.29, 0.717) is 0 Å². The molecule has 2 unspecified atom stereocenters. The van der Waals surface area contributed by atoms with Crippen LogP contribution in [0, 0.1) is 5.41 Å². The lowest BCUT2D eigenvalue weighted by Crippen LogP contribution is -2.52. The lowest BCUT2D eigenvalue weighted by molar-refractivity contribution is -0.143. The van der Waals surface area contributed by atoms with Crippen molar-refractivity contribution in [1.82, 2.24) is 0 Å². The summed E-state index contributed by atoms with van der Waals surface area (Å²) < 4.78 is 0. The van der Waals surface area contributed by atoms with Crippen molar-refractivity contribution in [3.8, 4) is 0 Å². The standard InChI is InChI=1S/C9H16O2/c10-7-3-1-4-8(11)9(7)5-2-6-9/h7-8,10-11H,1-6H2. The summed E-state index contributed by atoms with van der Waals surface area (Å²) >= 11 is 0. The van der Waals surface area contributed by atoms with Crippen molar-refractivity contribution < 1.29 is 10.2 Å². The zero-order chi connectivity index (χ0) is 7.90. The van der Waals surface area contributed by atoms with E-state index in [-0.39, 0.29) is 17.6 Å². The Morgan fingerprint density at radius 3 is 1.73 bits per heavy atom. The van der Waals surface area contributed by atoms with E-state index in [1.807, 2.05) is 0 Å². The Labute approximate surface area is 67.2 Å². The summed E-state index contributed by atoms with van der Waals surface area (Å²) in [5.41, 5.74) is -0.0712. The van der Waals surface area contributed by atoms with Gasteiger partial charge in [0.15, 0.2) is 0 Å². The first-order chi connectivity index (χ1) is 5.26. The summed E-state index contributed by atoms with van der Waals surface area (Å²) in [6.45, 7) is 0. The maximum atomic E-state index is 9.69. The van der Waals surface area contributed by atoms with Gasteiger partial charge in [0, 0.05) is 5.41 Å². The zero-order valence-corrected chi connectivity index (χ0v) is 6.79. The van der Waals surface area contributed by atoms with Gasteiger partial charge in [0.25, 0.3) is 0 Å². The van der Waals surface area contributed by atoms with Gasteiger partial charge in [-0.25, -0.2) is 0 Å². The smallest absolute Gasteiger partial charge is 0.0621 e. The third-order valence-electron chi connectivity index (χ3n) is 3.57. The van der Waals surface area contributed by atoms with E-state index in [1.54, 1.807) is 0 Å². The predicted octanol–water partition coefficient (Wildman–Crippen LogP) is 1.06. The average molecular weight is 156 g/mol.